The number of carbonyl (C=O) groups is 2. The smallest absolute Gasteiger partial charge is 0.253 e. The van der Waals surface area contributed by atoms with Crippen LogP contribution in [0.2, 0.25) is 0 Å². The van der Waals surface area contributed by atoms with E-state index in [0.717, 1.165) is 18.4 Å². The molecular weight excluding hydrogens is 362 g/mol. The van der Waals surface area contributed by atoms with E-state index in [9.17, 15) is 9.59 Å². The zero-order valence-corrected chi connectivity index (χ0v) is 17.3. The van der Waals surface area contributed by atoms with E-state index in [0.29, 0.717) is 31.1 Å². The Bertz CT molecular complexity index is 818. The third-order valence-corrected chi connectivity index (χ3v) is 5.63. The molecule has 2 atom stereocenters. The Morgan fingerprint density at radius 1 is 1.07 bits per heavy atom. The van der Waals surface area contributed by atoms with Gasteiger partial charge in [0, 0.05) is 31.2 Å². The first kappa shape index (κ1) is 21.1. The SMILES string of the molecule is CC(C)c1ccc(C(N)CNC(=O)C2CCCN(C(=O)c3ccccc3)C2)cc1. The van der Waals surface area contributed by atoms with E-state index >= 15 is 0 Å². The summed E-state index contributed by atoms with van der Waals surface area (Å²) in [7, 11) is 0. The number of hydrogen-bond donors (Lipinski definition) is 2. The highest BCUT2D eigenvalue weighted by molar-refractivity contribution is 5.94. The molecule has 0 aliphatic carbocycles. The van der Waals surface area contributed by atoms with Gasteiger partial charge in [0.25, 0.3) is 5.91 Å². The van der Waals surface area contributed by atoms with Crippen molar-refractivity contribution in [2.24, 2.45) is 11.7 Å². The van der Waals surface area contributed by atoms with Gasteiger partial charge in [0.2, 0.25) is 5.91 Å². The van der Waals surface area contributed by atoms with Crippen LogP contribution in [0.4, 0.5) is 0 Å². The number of rotatable bonds is 6. The fourth-order valence-electron chi connectivity index (χ4n) is 3.74. The Labute approximate surface area is 173 Å². The number of amides is 2. The van der Waals surface area contributed by atoms with Gasteiger partial charge in [0.15, 0.2) is 0 Å². The molecule has 0 bridgehead atoms. The topological polar surface area (TPSA) is 75.4 Å². The first-order valence-corrected chi connectivity index (χ1v) is 10.4. The maximum atomic E-state index is 12.7. The molecule has 1 aliphatic heterocycles. The minimum absolute atomic E-state index is 0.00922. The van der Waals surface area contributed by atoms with Crippen LogP contribution in [0.5, 0.6) is 0 Å². The summed E-state index contributed by atoms with van der Waals surface area (Å²) < 4.78 is 0. The number of nitrogens with zero attached hydrogens (tertiary/aromatic N) is 1. The number of nitrogens with two attached hydrogens (primary N) is 1. The molecule has 3 rings (SSSR count). The summed E-state index contributed by atoms with van der Waals surface area (Å²) in [6, 6.07) is 17.2. The molecule has 2 aromatic rings. The summed E-state index contributed by atoms with van der Waals surface area (Å²) in [4.78, 5) is 27.1. The molecule has 154 valence electrons. The third kappa shape index (κ3) is 5.45. The van der Waals surface area contributed by atoms with Crippen molar-refractivity contribution in [3.8, 4) is 0 Å². The van der Waals surface area contributed by atoms with Gasteiger partial charge in [-0.15, -0.1) is 0 Å². The van der Waals surface area contributed by atoms with Crippen LogP contribution in [0.25, 0.3) is 0 Å². The summed E-state index contributed by atoms with van der Waals surface area (Å²) in [5.74, 6) is 0.259. The normalized spacial score (nSPS) is 17.8. The van der Waals surface area contributed by atoms with Crippen molar-refractivity contribution < 1.29 is 9.59 Å². The van der Waals surface area contributed by atoms with Gasteiger partial charge in [-0.2, -0.15) is 0 Å². The first-order valence-electron chi connectivity index (χ1n) is 10.4. The maximum absolute atomic E-state index is 12.7. The molecule has 29 heavy (non-hydrogen) atoms. The first-order chi connectivity index (χ1) is 14.0. The van der Waals surface area contributed by atoms with E-state index < -0.39 is 0 Å². The van der Waals surface area contributed by atoms with E-state index in [2.05, 4.69) is 31.3 Å². The van der Waals surface area contributed by atoms with E-state index in [4.69, 9.17) is 5.73 Å². The highest BCUT2D eigenvalue weighted by atomic mass is 16.2. The van der Waals surface area contributed by atoms with Crippen LogP contribution in [0.15, 0.2) is 54.6 Å². The van der Waals surface area contributed by atoms with E-state index in [-0.39, 0.29) is 23.8 Å². The molecule has 0 saturated carbocycles. The lowest BCUT2D eigenvalue weighted by Crippen LogP contribution is -2.46. The summed E-state index contributed by atoms with van der Waals surface area (Å²) in [5, 5.41) is 2.99. The maximum Gasteiger partial charge on any atom is 0.253 e. The molecule has 1 heterocycles. The molecular formula is C24H31N3O2. The van der Waals surface area contributed by atoms with E-state index in [1.807, 2.05) is 42.5 Å². The Morgan fingerprint density at radius 2 is 1.72 bits per heavy atom. The molecule has 1 saturated heterocycles. The quantitative estimate of drug-likeness (QED) is 0.789. The molecule has 5 nitrogen and oxygen atoms in total. The van der Waals surface area contributed by atoms with Crippen molar-refractivity contribution in [2.45, 2.75) is 38.6 Å². The average molecular weight is 394 g/mol. The van der Waals surface area contributed by atoms with Crippen molar-refractivity contribution in [3.05, 3.63) is 71.3 Å². The third-order valence-electron chi connectivity index (χ3n) is 5.63. The molecule has 5 heteroatoms. The summed E-state index contributed by atoms with van der Waals surface area (Å²) in [6.45, 7) is 5.86. The Hall–Kier alpha value is -2.66. The van der Waals surface area contributed by atoms with Crippen molar-refractivity contribution in [2.75, 3.05) is 19.6 Å². The Kier molecular flexibility index (Phi) is 7.04. The molecule has 1 fully saturated rings. The van der Waals surface area contributed by atoms with Gasteiger partial charge >= 0.3 is 0 Å². The van der Waals surface area contributed by atoms with Gasteiger partial charge in [0.05, 0.1) is 5.92 Å². The van der Waals surface area contributed by atoms with E-state index in [1.54, 1.807) is 4.90 Å². The summed E-state index contributed by atoms with van der Waals surface area (Å²) in [6.07, 6.45) is 1.63. The van der Waals surface area contributed by atoms with Crippen LogP contribution in [0, 0.1) is 5.92 Å². The number of likely N-dealkylation sites (tertiary alicyclic amines) is 1. The highest BCUT2D eigenvalue weighted by Gasteiger charge is 2.29. The van der Waals surface area contributed by atoms with Crippen molar-refractivity contribution in [1.82, 2.24) is 10.2 Å². The lowest BCUT2D eigenvalue weighted by Gasteiger charge is -2.32. The van der Waals surface area contributed by atoms with Gasteiger partial charge < -0.3 is 16.0 Å². The van der Waals surface area contributed by atoms with Crippen LogP contribution in [-0.4, -0.2) is 36.3 Å². The largest absolute Gasteiger partial charge is 0.354 e. The molecule has 3 N–H and O–H groups in total. The zero-order valence-electron chi connectivity index (χ0n) is 17.3. The van der Waals surface area contributed by atoms with Crippen molar-refractivity contribution >= 4 is 11.8 Å². The Morgan fingerprint density at radius 3 is 2.38 bits per heavy atom. The van der Waals surface area contributed by atoms with Crippen LogP contribution in [0.1, 0.15) is 60.1 Å². The Balaban J connectivity index is 1.52. The van der Waals surface area contributed by atoms with Crippen LogP contribution >= 0.6 is 0 Å². The summed E-state index contributed by atoms with van der Waals surface area (Å²) >= 11 is 0. The lowest BCUT2D eigenvalue weighted by molar-refractivity contribution is -0.126. The molecule has 0 radical (unpaired) electrons. The summed E-state index contributed by atoms with van der Waals surface area (Å²) in [5.41, 5.74) is 9.23. The standard InChI is InChI=1S/C24H31N3O2/c1-17(2)18-10-12-19(13-11-18)22(25)15-26-23(28)21-9-6-14-27(16-21)24(29)20-7-4-3-5-8-20/h3-5,7-8,10-13,17,21-22H,6,9,14-16,25H2,1-2H3,(H,26,28). The molecule has 1 aliphatic rings. The van der Waals surface area contributed by atoms with Gasteiger partial charge in [-0.1, -0.05) is 56.3 Å². The second kappa shape index (κ2) is 9.70. The predicted octanol–water partition coefficient (Wildman–Crippen LogP) is 3.48. The fourth-order valence-corrected chi connectivity index (χ4v) is 3.74. The van der Waals surface area contributed by atoms with Gasteiger partial charge in [0.1, 0.15) is 0 Å². The minimum atomic E-state index is -0.245. The van der Waals surface area contributed by atoms with Crippen LogP contribution < -0.4 is 11.1 Å². The van der Waals surface area contributed by atoms with Crippen LogP contribution in [0.3, 0.4) is 0 Å². The van der Waals surface area contributed by atoms with Crippen molar-refractivity contribution in [3.63, 3.8) is 0 Å². The number of nitrogens with one attached hydrogen (secondary N) is 1. The molecule has 0 aromatic heterocycles. The monoisotopic (exact) mass is 393 g/mol. The number of benzene rings is 2. The van der Waals surface area contributed by atoms with E-state index in [1.165, 1.54) is 5.56 Å². The minimum Gasteiger partial charge on any atom is -0.354 e. The highest BCUT2D eigenvalue weighted by Crippen LogP contribution is 2.20. The number of hydrogen-bond acceptors (Lipinski definition) is 3. The molecule has 2 unspecified atom stereocenters. The molecule has 0 spiro atoms. The number of carbonyl (C=O) groups excluding carboxylic acids is 2. The van der Waals surface area contributed by atoms with Gasteiger partial charge in [-0.05, 0) is 42.0 Å². The van der Waals surface area contributed by atoms with Gasteiger partial charge in [-0.3, -0.25) is 9.59 Å². The van der Waals surface area contributed by atoms with Crippen molar-refractivity contribution in [1.29, 1.82) is 0 Å². The average Bonchev–Trinajstić information content (AvgIpc) is 2.77. The molecule has 2 aromatic carbocycles. The molecule has 2 amide bonds. The zero-order chi connectivity index (χ0) is 20.8. The second-order valence-electron chi connectivity index (χ2n) is 8.13. The fraction of sp³-hybridized carbons (Fsp3) is 0.417. The lowest BCUT2D eigenvalue weighted by atomic mass is 9.96. The second-order valence-corrected chi connectivity index (χ2v) is 8.13. The van der Waals surface area contributed by atoms with Crippen LogP contribution in [-0.2, 0) is 4.79 Å². The number of piperidine rings is 1. The predicted molar refractivity (Wildman–Crippen MR) is 116 cm³/mol. The van der Waals surface area contributed by atoms with Gasteiger partial charge in [-0.25, -0.2) is 0 Å².